The van der Waals surface area contributed by atoms with E-state index in [1.165, 1.54) is 6.21 Å². The number of rotatable bonds is 4. The number of benzene rings is 2. The average Bonchev–Trinajstić information content (AvgIpc) is 2.94. The highest BCUT2D eigenvalue weighted by atomic mass is 16.4. The summed E-state index contributed by atoms with van der Waals surface area (Å²) in [4.78, 5) is 24.6. The van der Waals surface area contributed by atoms with Crippen LogP contribution in [0.2, 0.25) is 0 Å². The zero-order valence-electron chi connectivity index (χ0n) is 13.3. The molecule has 1 amide bonds. The van der Waals surface area contributed by atoms with Gasteiger partial charge in [0.25, 0.3) is 5.91 Å². The Morgan fingerprint density at radius 3 is 2.29 bits per heavy atom. The molecule has 5 heteroatoms. The maximum Gasteiger partial charge on any atom is 0.330 e. The van der Waals surface area contributed by atoms with E-state index in [1.807, 2.05) is 24.3 Å². The lowest BCUT2D eigenvalue weighted by molar-refractivity contribution is -0.144. The maximum atomic E-state index is 12.7. The lowest BCUT2D eigenvalue weighted by atomic mass is 9.94. The number of carbonyl (C=O) groups is 2. The zero-order valence-corrected chi connectivity index (χ0v) is 13.3. The summed E-state index contributed by atoms with van der Waals surface area (Å²) in [5.41, 5.74) is 2.28. The second-order valence-electron chi connectivity index (χ2n) is 6.13. The molecule has 0 aromatic heterocycles. The molecule has 0 saturated heterocycles. The molecule has 3 N–H and O–H groups in total. The third-order valence-corrected chi connectivity index (χ3v) is 4.64. The molecule has 0 atom stereocenters. The van der Waals surface area contributed by atoms with Gasteiger partial charge in [-0.1, -0.05) is 36.4 Å². The van der Waals surface area contributed by atoms with E-state index >= 15 is 0 Å². The number of carboxylic acid groups (broad SMARTS) is 1. The molecule has 0 bridgehead atoms. The van der Waals surface area contributed by atoms with Gasteiger partial charge in [-0.25, -0.2) is 4.79 Å². The van der Waals surface area contributed by atoms with E-state index in [0.717, 1.165) is 11.1 Å². The molecule has 0 heterocycles. The Balaban J connectivity index is 1.93. The number of amides is 1. The predicted molar refractivity (Wildman–Crippen MR) is 90.7 cm³/mol. The smallest absolute Gasteiger partial charge is 0.330 e. The van der Waals surface area contributed by atoms with E-state index in [1.54, 1.807) is 25.1 Å². The van der Waals surface area contributed by atoms with Crippen LogP contribution in [0.4, 0.5) is 0 Å². The molecule has 0 spiro atoms. The van der Waals surface area contributed by atoms with Gasteiger partial charge in [-0.3, -0.25) is 4.79 Å². The molecule has 3 rings (SSSR count). The van der Waals surface area contributed by atoms with Crippen molar-refractivity contribution >= 4 is 18.1 Å². The molecule has 2 aromatic rings. The largest absolute Gasteiger partial charge is 0.479 e. The summed E-state index contributed by atoms with van der Waals surface area (Å²) in [6.07, 6.45) is 1.73. The van der Waals surface area contributed by atoms with Crippen LogP contribution in [0.25, 0.3) is 0 Å². The van der Waals surface area contributed by atoms with Gasteiger partial charge in [0.2, 0.25) is 0 Å². The summed E-state index contributed by atoms with van der Waals surface area (Å²) in [6.45, 7) is 1.76. The summed E-state index contributed by atoms with van der Waals surface area (Å²) >= 11 is 0. The average molecular weight is 322 g/mol. The Hall–Kier alpha value is -2.95. The van der Waals surface area contributed by atoms with Gasteiger partial charge >= 0.3 is 5.97 Å². The van der Waals surface area contributed by atoms with Gasteiger partial charge in [-0.15, -0.1) is 0 Å². The fraction of sp³-hybridized carbons (Fsp3) is 0.211. The molecule has 122 valence electrons. The Bertz CT molecular complexity index is 817. The van der Waals surface area contributed by atoms with Crippen molar-refractivity contribution in [1.29, 1.82) is 5.41 Å². The fourth-order valence-corrected chi connectivity index (χ4v) is 3.25. The molecule has 0 aliphatic heterocycles. The van der Waals surface area contributed by atoms with Gasteiger partial charge < -0.3 is 15.8 Å². The van der Waals surface area contributed by atoms with Crippen molar-refractivity contribution in [2.24, 2.45) is 0 Å². The van der Waals surface area contributed by atoms with Gasteiger partial charge in [-0.2, -0.15) is 0 Å². The zero-order chi connectivity index (χ0) is 17.3. The molecule has 2 aromatic carbocycles. The summed E-state index contributed by atoms with van der Waals surface area (Å²) in [6, 6.07) is 12.6. The number of hydrogen-bond acceptors (Lipinski definition) is 3. The fourth-order valence-electron chi connectivity index (χ4n) is 3.25. The van der Waals surface area contributed by atoms with Gasteiger partial charge in [0.1, 0.15) is 5.54 Å². The number of fused-ring (bicyclic) bond motifs is 1. The molecule has 0 fully saturated rings. The Morgan fingerprint density at radius 2 is 1.75 bits per heavy atom. The number of carbonyl (C=O) groups excluding carboxylic acids is 1. The van der Waals surface area contributed by atoms with Crippen molar-refractivity contribution < 1.29 is 14.7 Å². The number of carboxylic acids is 1. The van der Waals surface area contributed by atoms with Gasteiger partial charge in [0, 0.05) is 24.6 Å². The SMILES string of the molecule is Cc1c(C=N)cccc1C(=O)NC1(C(=O)O)Cc2ccccc2C1. The Labute approximate surface area is 139 Å². The number of hydrogen-bond donors (Lipinski definition) is 3. The van der Waals surface area contributed by atoms with Crippen molar-refractivity contribution in [2.75, 3.05) is 0 Å². The molecular formula is C19H18N2O3. The first-order chi connectivity index (χ1) is 11.5. The standard InChI is InChI=1S/C19H18N2O3/c1-12-15(11-20)7-4-8-16(12)17(22)21-19(18(23)24)9-13-5-2-3-6-14(13)10-19/h2-8,11,20H,9-10H2,1H3,(H,21,22)(H,23,24). The van der Waals surface area contributed by atoms with Gasteiger partial charge in [0.05, 0.1) is 0 Å². The van der Waals surface area contributed by atoms with Crippen LogP contribution in [-0.2, 0) is 17.6 Å². The van der Waals surface area contributed by atoms with Gasteiger partial charge in [0.15, 0.2) is 0 Å². The summed E-state index contributed by atoms with van der Waals surface area (Å²) < 4.78 is 0. The topological polar surface area (TPSA) is 90.3 Å². The maximum absolute atomic E-state index is 12.7. The van der Waals surface area contributed by atoms with Crippen molar-refractivity contribution in [1.82, 2.24) is 5.32 Å². The van der Waals surface area contributed by atoms with Crippen molar-refractivity contribution in [3.8, 4) is 0 Å². The monoisotopic (exact) mass is 322 g/mol. The van der Waals surface area contributed by atoms with Crippen LogP contribution in [-0.4, -0.2) is 28.7 Å². The van der Waals surface area contributed by atoms with Gasteiger partial charge in [-0.05, 0) is 35.2 Å². The second-order valence-corrected chi connectivity index (χ2v) is 6.13. The van der Waals surface area contributed by atoms with Crippen LogP contribution < -0.4 is 5.32 Å². The normalized spacial score (nSPS) is 14.7. The van der Waals surface area contributed by atoms with Crippen molar-refractivity contribution in [3.63, 3.8) is 0 Å². The molecular weight excluding hydrogens is 304 g/mol. The lowest BCUT2D eigenvalue weighted by Crippen LogP contribution is -2.55. The van der Waals surface area contributed by atoms with E-state index in [-0.39, 0.29) is 12.8 Å². The first-order valence-corrected chi connectivity index (χ1v) is 7.69. The summed E-state index contributed by atoms with van der Waals surface area (Å²) in [5, 5.41) is 19.9. The Morgan fingerprint density at radius 1 is 1.12 bits per heavy atom. The molecule has 0 saturated carbocycles. The molecule has 1 aliphatic rings. The van der Waals surface area contributed by atoms with Crippen LogP contribution in [0.15, 0.2) is 42.5 Å². The van der Waals surface area contributed by atoms with Crippen LogP contribution in [0.3, 0.4) is 0 Å². The number of nitrogens with one attached hydrogen (secondary N) is 2. The summed E-state index contributed by atoms with van der Waals surface area (Å²) in [7, 11) is 0. The van der Waals surface area contributed by atoms with Crippen LogP contribution in [0.1, 0.15) is 32.6 Å². The van der Waals surface area contributed by atoms with E-state index < -0.39 is 17.4 Å². The predicted octanol–water partition coefficient (Wildman–Crippen LogP) is 2.34. The Kier molecular flexibility index (Phi) is 3.93. The highest BCUT2D eigenvalue weighted by molar-refractivity contribution is 6.01. The van der Waals surface area contributed by atoms with E-state index in [4.69, 9.17) is 5.41 Å². The third kappa shape index (κ3) is 2.58. The minimum absolute atomic E-state index is 0.271. The summed E-state index contributed by atoms with van der Waals surface area (Å²) in [5.74, 6) is -1.46. The van der Waals surface area contributed by atoms with E-state index in [9.17, 15) is 14.7 Å². The van der Waals surface area contributed by atoms with Crippen molar-refractivity contribution in [3.05, 3.63) is 70.3 Å². The molecule has 5 nitrogen and oxygen atoms in total. The van der Waals surface area contributed by atoms with Crippen LogP contribution in [0, 0.1) is 12.3 Å². The molecule has 0 unspecified atom stereocenters. The second kappa shape index (κ2) is 5.92. The van der Waals surface area contributed by atoms with Crippen LogP contribution in [0.5, 0.6) is 0 Å². The quantitative estimate of drug-likeness (QED) is 0.755. The molecule has 1 aliphatic carbocycles. The minimum atomic E-state index is -1.33. The van der Waals surface area contributed by atoms with E-state index in [2.05, 4.69) is 5.32 Å². The lowest BCUT2D eigenvalue weighted by Gasteiger charge is -2.26. The van der Waals surface area contributed by atoms with Crippen LogP contribution >= 0.6 is 0 Å². The molecule has 24 heavy (non-hydrogen) atoms. The van der Waals surface area contributed by atoms with Crippen molar-refractivity contribution in [2.45, 2.75) is 25.3 Å². The third-order valence-electron chi connectivity index (χ3n) is 4.64. The number of aliphatic carboxylic acids is 1. The highest BCUT2D eigenvalue weighted by Crippen LogP contribution is 2.31. The van der Waals surface area contributed by atoms with E-state index in [0.29, 0.717) is 16.7 Å². The highest BCUT2D eigenvalue weighted by Gasteiger charge is 2.45. The first-order valence-electron chi connectivity index (χ1n) is 7.69. The minimum Gasteiger partial charge on any atom is -0.479 e. The molecule has 0 radical (unpaired) electrons. The first kappa shape index (κ1) is 15.9.